The van der Waals surface area contributed by atoms with Crippen molar-refractivity contribution >= 4 is 44.3 Å². The fourth-order valence-corrected chi connectivity index (χ4v) is 4.18. The summed E-state index contributed by atoms with van der Waals surface area (Å²) in [6.07, 6.45) is 0.733. The molecule has 0 saturated carbocycles. The first-order valence-electron chi connectivity index (χ1n) is 8.75. The van der Waals surface area contributed by atoms with E-state index in [9.17, 15) is 13.2 Å². The van der Waals surface area contributed by atoms with Gasteiger partial charge in [0, 0.05) is 37.6 Å². The van der Waals surface area contributed by atoms with Crippen LogP contribution in [0.5, 0.6) is 0 Å². The summed E-state index contributed by atoms with van der Waals surface area (Å²) in [5.74, 6) is 0. The van der Waals surface area contributed by atoms with Gasteiger partial charge in [0.05, 0.1) is 16.3 Å². The summed E-state index contributed by atoms with van der Waals surface area (Å²) in [6, 6.07) is 15.8. The number of sulfonamides is 1. The number of anilines is 3. The minimum absolute atomic E-state index is 0.198. The Balaban J connectivity index is 2.19. The van der Waals surface area contributed by atoms with Gasteiger partial charge < -0.3 is 9.80 Å². The first-order valence-corrected chi connectivity index (χ1v) is 10.2. The van der Waals surface area contributed by atoms with Gasteiger partial charge in [0.25, 0.3) is 10.0 Å². The van der Waals surface area contributed by atoms with E-state index in [2.05, 4.69) is 4.72 Å². The SMILES string of the molecule is Cc1ccc(S(=O)(=O)Nc2ccc(N(C)C=O)c3c(N(C)C)cccc23)cc1. The van der Waals surface area contributed by atoms with E-state index in [1.807, 2.05) is 44.1 Å². The molecule has 0 atom stereocenters. The fraction of sp³-hybridized carbons (Fsp3) is 0.190. The average Bonchev–Trinajstić information content (AvgIpc) is 2.67. The summed E-state index contributed by atoms with van der Waals surface area (Å²) in [6.45, 7) is 1.91. The van der Waals surface area contributed by atoms with Crippen molar-refractivity contribution < 1.29 is 13.2 Å². The second-order valence-electron chi connectivity index (χ2n) is 6.86. The molecule has 28 heavy (non-hydrogen) atoms. The van der Waals surface area contributed by atoms with Crippen molar-refractivity contribution in [1.29, 1.82) is 0 Å². The number of rotatable bonds is 6. The predicted molar refractivity (Wildman–Crippen MR) is 115 cm³/mol. The molecule has 0 aliphatic carbocycles. The van der Waals surface area contributed by atoms with Crippen LogP contribution in [0.2, 0.25) is 0 Å². The highest BCUT2D eigenvalue weighted by atomic mass is 32.2. The van der Waals surface area contributed by atoms with Crippen LogP contribution in [0.4, 0.5) is 17.1 Å². The van der Waals surface area contributed by atoms with Gasteiger partial charge in [-0.25, -0.2) is 8.42 Å². The topological polar surface area (TPSA) is 69.7 Å². The van der Waals surface area contributed by atoms with Crippen molar-refractivity contribution in [2.45, 2.75) is 11.8 Å². The van der Waals surface area contributed by atoms with E-state index >= 15 is 0 Å². The number of amides is 1. The third-order valence-electron chi connectivity index (χ3n) is 4.59. The molecule has 0 fully saturated rings. The van der Waals surface area contributed by atoms with Gasteiger partial charge in [-0.2, -0.15) is 0 Å². The van der Waals surface area contributed by atoms with Crippen molar-refractivity contribution in [1.82, 2.24) is 0 Å². The lowest BCUT2D eigenvalue weighted by Crippen LogP contribution is -2.17. The molecule has 0 saturated heterocycles. The van der Waals surface area contributed by atoms with Crippen LogP contribution in [0.15, 0.2) is 59.5 Å². The van der Waals surface area contributed by atoms with Crippen molar-refractivity contribution in [3.05, 3.63) is 60.2 Å². The zero-order valence-corrected chi connectivity index (χ0v) is 17.1. The maximum atomic E-state index is 12.9. The minimum atomic E-state index is -3.74. The van der Waals surface area contributed by atoms with E-state index in [-0.39, 0.29) is 4.90 Å². The summed E-state index contributed by atoms with van der Waals surface area (Å²) in [7, 11) is 1.74. The molecule has 0 aliphatic heterocycles. The molecule has 0 bridgehead atoms. The van der Waals surface area contributed by atoms with Crippen molar-refractivity contribution in [2.75, 3.05) is 35.7 Å². The molecule has 3 aromatic carbocycles. The van der Waals surface area contributed by atoms with Gasteiger partial charge in [0.1, 0.15) is 0 Å². The van der Waals surface area contributed by atoms with E-state index < -0.39 is 10.0 Å². The Kier molecular flexibility index (Phi) is 5.29. The maximum absolute atomic E-state index is 12.9. The lowest BCUT2D eigenvalue weighted by atomic mass is 10.0. The molecule has 0 spiro atoms. The van der Waals surface area contributed by atoms with E-state index in [4.69, 9.17) is 0 Å². The minimum Gasteiger partial charge on any atom is -0.377 e. The largest absolute Gasteiger partial charge is 0.377 e. The van der Waals surface area contributed by atoms with E-state index in [1.54, 1.807) is 43.4 Å². The normalized spacial score (nSPS) is 11.3. The second kappa shape index (κ2) is 7.52. The first-order chi connectivity index (χ1) is 13.2. The van der Waals surface area contributed by atoms with Gasteiger partial charge in [-0.15, -0.1) is 0 Å². The van der Waals surface area contributed by atoms with Gasteiger partial charge >= 0.3 is 0 Å². The van der Waals surface area contributed by atoms with Crippen LogP contribution in [-0.4, -0.2) is 36.0 Å². The van der Waals surface area contributed by atoms with Crippen LogP contribution in [0.25, 0.3) is 10.8 Å². The van der Waals surface area contributed by atoms with Gasteiger partial charge in [-0.05, 0) is 37.3 Å². The number of aryl methyl sites for hydroxylation is 1. The van der Waals surface area contributed by atoms with E-state index in [0.29, 0.717) is 16.8 Å². The monoisotopic (exact) mass is 397 g/mol. The molecule has 3 aromatic rings. The van der Waals surface area contributed by atoms with Crippen LogP contribution in [0.1, 0.15) is 5.56 Å². The first kappa shape index (κ1) is 19.7. The Morgan fingerprint density at radius 1 is 0.893 bits per heavy atom. The Bertz CT molecular complexity index is 1120. The summed E-state index contributed by atoms with van der Waals surface area (Å²) in [4.78, 5) is 15.0. The third-order valence-corrected chi connectivity index (χ3v) is 5.97. The second-order valence-corrected chi connectivity index (χ2v) is 8.54. The Morgan fingerprint density at radius 2 is 1.57 bits per heavy atom. The van der Waals surface area contributed by atoms with Crippen LogP contribution in [0, 0.1) is 6.92 Å². The van der Waals surface area contributed by atoms with Crippen LogP contribution in [0.3, 0.4) is 0 Å². The average molecular weight is 398 g/mol. The van der Waals surface area contributed by atoms with Gasteiger partial charge in [-0.1, -0.05) is 29.8 Å². The molecular formula is C21H23N3O3S. The standard InChI is InChI=1S/C21H23N3O3S/c1-15-8-10-16(11-9-15)28(26,27)22-18-12-13-20(24(4)14-25)21-17(18)6-5-7-19(21)23(2)3/h5-14,22H,1-4H3. The van der Waals surface area contributed by atoms with Crippen molar-refractivity contribution in [3.8, 4) is 0 Å². The summed E-state index contributed by atoms with van der Waals surface area (Å²) in [5.41, 5.74) is 3.04. The summed E-state index contributed by atoms with van der Waals surface area (Å²) in [5, 5.41) is 1.51. The molecule has 1 N–H and O–H groups in total. The zero-order valence-electron chi connectivity index (χ0n) is 16.3. The Hall–Kier alpha value is -3.06. The van der Waals surface area contributed by atoms with Gasteiger partial charge in [0.2, 0.25) is 6.41 Å². The number of carbonyl (C=O) groups excluding carboxylic acids is 1. The molecule has 0 unspecified atom stereocenters. The molecule has 3 rings (SSSR count). The number of nitrogens with zero attached hydrogens (tertiary/aromatic N) is 2. The smallest absolute Gasteiger partial charge is 0.261 e. The lowest BCUT2D eigenvalue weighted by molar-refractivity contribution is -0.107. The number of hydrogen-bond acceptors (Lipinski definition) is 4. The summed E-state index contributed by atoms with van der Waals surface area (Å²) >= 11 is 0. The molecule has 1 amide bonds. The zero-order chi connectivity index (χ0) is 20.5. The summed E-state index contributed by atoms with van der Waals surface area (Å²) < 4.78 is 28.4. The number of hydrogen-bond donors (Lipinski definition) is 1. The molecule has 0 radical (unpaired) electrons. The number of nitrogens with one attached hydrogen (secondary N) is 1. The van der Waals surface area contributed by atoms with Gasteiger partial charge in [0.15, 0.2) is 0 Å². The molecular weight excluding hydrogens is 374 g/mol. The highest BCUT2D eigenvalue weighted by Crippen LogP contribution is 2.38. The molecule has 0 heterocycles. The van der Waals surface area contributed by atoms with E-state index in [1.165, 1.54) is 4.90 Å². The van der Waals surface area contributed by atoms with E-state index in [0.717, 1.165) is 23.0 Å². The number of carbonyl (C=O) groups is 1. The van der Waals surface area contributed by atoms with Gasteiger partial charge in [-0.3, -0.25) is 9.52 Å². The lowest BCUT2D eigenvalue weighted by Gasteiger charge is -2.22. The van der Waals surface area contributed by atoms with Crippen LogP contribution >= 0.6 is 0 Å². The molecule has 7 heteroatoms. The Labute approximate surface area is 165 Å². The van der Waals surface area contributed by atoms with Crippen LogP contribution in [-0.2, 0) is 14.8 Å². The molecule has 146 valence electrons. The Morgan fingerprint density at radius 3 is 2.18 bits per heavy atom. The molecule has 0 aliphatic rings. The fourth-order valence-electron chi connectivity index (χ4n) is 3.10. The third kappa shape index (κ3) is 3.66. The molecule has 0 aromatic heterocycles. The number of benzene rings is 3. The molecule has 6 nitrogen and oxygen atoms in total. The quantitative estimate of drug-likeness (QED) is 0.645. The highest BCUT2D eigenvalue weighted by molar-refractivity contribution is 7.92. The van der Waals surface area contributed by atoms with Crippen LogP contribution < -0.4 is 14.5 Å². The number of fused-ring (bicyclic) bond motifs is 1. The highest BCUT2D eigenvalue weighted by Gasteiger charge is 2.19. The van der Waals surface area contributed by atoms with Crippen molar-refractivity contribution in [2.24, 2.45) is 0 Å². The predicted octanol–water partition coefficient (Wildman–Crippen LogP) is 3.61. The maximum Gasteiger partial charge on any atom is 0.261 e. The van der Waals surface area contributed by atoms with Crippen molar-refractivity contribution in [3.63, 3.8) is 0 Å².